The molecule has 1 aliphatic rings. The minimum Gasteiger partial charge on any atom is -0.384 e. The predicted molar refractivity (Wildman–Crippen MR) is 101 cm³/mol. The lowest BCUT2D eigenvalue weighted by atomic mass is 9.99. The molecule has 2 heterocycles. The second-order valence-corrected chi connectivity index (χ2v) is 6.60. The molecule has 0 bridgehead atoms. The zero-order valence-electron chi connectivity index (χ0n) is 14.4. The molecule has 1 aromatic heterocycles. The van der Waals surface area contributed by atoms with Crippen LogP contribution in [-0.4, -0.2) is 16.6 Å². The summed E-state index contributed by atoms with van der Waals surface area (Å²) in [6, 6.07) is 22.4. The average Bonchev–Trinajstić information content (AvgIpc) is 2.67. The molecule has 0 saturated heterocycles. The molecule has 4 rings (SSSR count). The summed E-state index contributed by atoms with van der Waals surface area (Å²) in [5.74, 6) is 0.982. The second-order valence-electron chi connectivity index (χ2n) is 6.60. The van der Waals surface area contributed by atoms with E-state index in [1.54, 1.807) is 0 Å². The van der Waals surface area contributed by atoms with Crippen LogP contribution in [-0.2, 0) is 13.0 Å². The van der Waals surface area contributed by atoms with Crippen molar-refractivity contribution in [2.75, 3.05) is 11.4 Å². The first-order chi connectivity index (χ1) is 12.2. The molecule has 0 radical (unpaired) electrons. The number of hydrogen-bond donors (Lipinski definition) is 1. The third-order valence-corrected chi connectivity index (χ3v) is 4.98. The summed E-state index contributed by atoms with van der Waals surface area (Å²) in [7, 11) is 0. The third-order valence-electron chi connectivity index (χ3n) is 4.98. The molecule has 126 valence electrons. The Bertz CT molecular complexity index is 876. The Kier molecular flexibility index (Phi) is 4.24. The number of pyridine rings is 1. The summed E-state index contributed by atoms with van der Waals surface area (Å²) in [4.78, 5) is 7.10. The largest absolute Gasteiger partial charge is 0.384 e. The monoisotopic (exact) mass is 330 g/mol. The molecule has 2 aromatic carbocycles. The van der Waals surface area contributed by atoms with Crippen LogP contribution in [0.4, 0.5) is 5.82 Å². The first kappa shape index (κ1) is 15.9. The van der Waals surface area contributed by atoms with Crippen LogP contribution in [0.3, 0.4) is 0 Å². The maximum absolute atomic E-state index is 10.7. The summed E-state index contributed by atoms with van der Waals surface area (Å²) in [6.07, 6.45) is 0.413. The molecule has 0 spiro atoms. The standard InChI is InChI=1S/C22H22N2O/c1-16-20(22(25)18-8-3-2-4-9-18)11-12-21(23-16)24-14-13-17-7-5-6-10-19(17)15-24/h2-12,22,25H,13-15H2,1H3/t22-/m0/s1. The topological polar surface area (TPSA) is 36.4 Å². The van der Waals surface area contributed by atoms with Crippen molar-refractivity contribution in [2.24, 2.45) is 0 Å². The van der Waals surface area contributed by atoms with Crippen molar-refractivity contribution in [3.63, 3.8) is 0 Å². The fourth-order valence-corrected chi connectivity index (χ4v) is 3.53. The lowest BCUT2D eigenvalue weighted by Gasteiger charge is -2.30. The Hall–Kier alpha value is -2.65. The molecular weight excluding hydrogens is 308 g/mol. The molecule has 0 aliphatic carbocycles. The first-order valence-corrected chi connectivity index (χ1v) is 8.74. The first-order valence-electron chi connectivity index (χ1n) is 8.74. The molecule has 1 atom stereocenters. The van der Waals surface area contributed by atoms with Gasteiger partial charge in [-0.05, 0) is 36.1 Å². The van der Waals surface area contributed by atoms with E-state index in [2.05, 4.69) is 29.2 Å². The fraction of sp³-hybridized carbons (Fsp3) is 0.227. The van der Waals surface area contributed by atoms with Gasteiger partial charge in [0.25, 0.3) is 0 Å². The van der Waals surface area contributed by atoms with Gasteiger partial charge in [0.05, 0.1) is 0 Å². The van der Waals surface area contributed by atoms with Crippen molar-refractivity contribution in [2.45, 2.75) is 26.0 Å². The predicted octanol–water partition coefficient (Wildman–Crippen LogP) is 4.03. The minimum atomic E-state index is -0.634. The maximum atomic E-state index is 10.7. The van der Waals surface area contributed by atoms with Crippen LogP contribution in [0.2, 0.25) is 0 Å². The van der Waals surface area contributed by atoms with Gasteiger partial charge in [-0.2, -0.15) is 0 Å². The Labute approximate surface area is 148 Å². The van der Waals surface area contributed by atoms with Gasteiger partial charge in [0.2, 0.25) is 0 Å². The number of anilines is 1. The molecular formula is C22H22N2O. The van der Waals surface area contributed by atoms with E-state index in [1.165, 1.54) is 11.1 Å². The highest BCUT2D eigenvalue weighted by molar-refractivity contribution is 5.47. The number of aromatic nitrogens is 1. The van der Waals surface area contributed by atoms with Crippen LogP contribution < -0.4 is 4.90 Å². The molecule has 0 unspecified atom stereocenters. The van der Waals surface area contributed by atoms with Crippen molar-refractivity contribution >= 4 is 5.82 Å². The van der Waals surface area contributed by atoms with E-state index in [1.807, 2.05) is 49.4 Å². The number of fused-ring (bicyclic) bond motifs is 1. The third kappa shape index (κ3) is 3.15. The molecule has 1 N–H and O–H groups in total. The fourth-order valence-electron chi connectivity index (χ4n) is 3.53. The normalized spacial score (nSPS) is 14.9. The molecule has 1 aliphatic heterocycles. The number of aliphatic hydroxyl groups excluding tert-OH is 1. The van der Waals surface area contributed by atoms with Gasteiger partial charge in [-0.25, -0.2) is 4.98 Å². The van der Waals surface area contributed by atoms with Crippen LogP contribution >= 0.6 is 0 Å². The highest BCUT2D eigenvalue weighted by Crippen LogP contribution is 2.28. The van der Waals surface area contributed by atoms with Gasteiger partial charge >= 0.3 is 0 Å². The average molecular weight is 330 g/mol. The Morgan fingerprint density at radius 2 is 1.64 bits per heavy atom. The van der Waals surface area contributed by atoms with Gasteiger partial charge in [-0.15, -0.1) is 0 Å². The van der Waals surface area contributed by atoms with Gasteiger partial charge in [-0.1, -0.05) is 60.7 Å². The quantitative estimate of drug-likeness (QED) is 0.787. The van der Waals surface area contributed by atoms with Crippen LogP contribution in [0.25, 0.3) is 0 Å². The number of aryl methyl sites for hydroxylation is 1. The van der Waals surface area contributed by atoms with Gasteiger partial charge < -0.3 is 10.0 Å². The van der Waals surface area contributed by atoms with E-state index in [0.717, 1.165) is 42.1 Å². The minimum absolute atomic E-state index is 0.634. The van der Waals surface area contributed by atoms with Crippen LogP contribution in [0.1, 0.15) is 34.1 Å². The van der Waals surface area contributed by atoms with Crippen molar-refractivity contribution in [1.29, 1.82) is 0 Å². The van der Waals surface area contributed by atoms with E-state index in [9.17, 15) is 5.11 Å². The SMILES string of the molecule is Cc1nc(N2CCc3ccccc3C2)ccc1[C@@H](O)c1ccccc1. The maximum Gasteiger partial charge on any atom is 0.129 e. The second kappa shape index (κ2) is 6.69. The molecule has 0 amide bonds. The highest BCUT2D eigenvalue weighted by atomic mass is 16.3. The summed E-state index contributed by atoms with van der Waals surface area (Å²) in [6.45, 7) is 3.84. The summed E-state index contributed by atoms with van der Waals surface area (Å²) >= 11 is 0. The molecule has 3 aromatic rings. The molecule has 0 saturated carbocycles. The zero-order valence-corrected chi connectivity index (χ0v) is 14.4. The number of benzene rings is 2. The summed E-state index contributed by atoms with van der Waals surface area (Å²) in [5, 5.41) is 10.7. The van der Waals surface area contributed by atoms with Crippen LogP contribution in [0.5, 0.6) is 0 Å². The molecule has 25 heavy (non-hydrogen) atoms. The van der Waals surface area contributed by atoms with Gasteiger partial charge in [0.15, 0.2) is 0 Å². The number of rotatable bonds is 3. The summed E-state index contributed by atoms with van der Waals surface area (Å²) in [5.41, 5.74) is 5.46. The van der Waals surface area contributed by atoms with Crippen molar-refractivity contribution in [1.82, 2.24) is 4.98 Å². The lowest BCUT2D eigenvalue weighted by molar-refractivity contribution is 0.219. The van der Waals surface area contributed by atoms with Gasteiger partial charge in [0, 0.05) is 24.3 Å². The van der Waals surface area contributed by atoms with E-state index in [0.29, 0.717) is 0 Å². The van der Waals surface area contributed by atoms with Gasteiger partial charge in [0.1, 0.15) is 11.9 Å². The Morgan fingerprint density at radius 1 is 0.920 bits per heavy atom. The van der Waals surface area contributed by atoms with Crippen molar-refractivity contribution in [3.05, 3.63) is 94.7 Å². The van der Waals surface area contributed by atoms with E-state index in [-0.39, 0.29) is 0 Å². The summed E-state index contributed by atoms with van der Waals surface area (Å²) < 4.78 is 0. The number of nitrogens with zero attached hydrogens (tertiary/aromatic N) is 2. The molecule has 0 fully saturated rings. The van der Waals surface area contributed by atoms with Crippen molar-refractivity contribution < 1.29 is 5.11 Å². The number of aliphatic hydroxyl groups is 1. The number of hydrogen-bond acceptors (Lipinski definition) is 3. The van der Waals surface area contributed by atoms with Crippen LogP contribution in [0.15, 0.2) is 66.7 Å². The van der Waals surface area contributed by atoms with E-state index >= 15 is 0 Å². The van der Waals surface area contributed by atoms with Crippen LogP contribution in [0, 0.1) is 6.92 Å². The van der Waals surface area contributed by atoms with E-state index < -0.39 is 6.10 Å². The van der Waals surface area contributed by atoms with E-state index in [4.69, 9.17) is 4.98 Å². The Balaban J connectivity index is 1.58. The zero-order chi connectivity index (χ0) is 17.2. The van der Waals surface area contributed by atoms with Gasteiger partial charge in [-0.3, -0.25) is 0 Å². The smallest absolute Gasteiger partial charge is 0.129 e. The highest BCUT2D eigenvalue weighted by Gasteiger charge is 2.19. The Morgan fingerprint density at radius 3 is 2.40 bits per heavy atom. The molecule has 3 heteroatoms. The molecule has 3 nitrogen and oxygen atoms in total. The lowest BCUT2D eigenvalue weighted by Crippen LogP contribution is -2.31. The van der Waals surface area contributed by atoms with Crippen molar-refractivity contribution in [3.8, 4) is 0 Å².